The molecule has 0 saturated carbocycles. The molecule has 1 unspecified atom stereocenters. The molecular weight excluding hydrogens is 286 g/mol. The zero-order valence-corrected chi connectivity index (χ0v) is 11.4. The number of ether oxygens (including phenoxy) is 2. The van der Waals surface area contributed by atoms with Crippen LogP contribution in [0.4, 0.5) is 0 Å². The van der Waals surface area contributed by atoms with E-state index in [9.17, 15) is 13.2 Å². The standard InChI is InChI=1S/C12H15NO6S/c13-9(12(14)15)7-20(16,17)8-2-3-10-11(6-8)19-5-1-4-18-10/h2-3,6,9H,1,4-5,7,13H2,(H,14,15). The van der Waals surface area contributed by atoms with Gasteiger partial charge in [-0.05, 0) is 12.1 Å². The van der Waals surface area contributed by atoms with Crippen molar-refractivity contribution in [3.8, 4) is 11.5 Å². The van der Waals surface area contributed by atoms with Gasteiger partial charge in [0.05, 0.1) is 23.9 Å². The molecular formula is C12H15NO6S. The molecule has 110 valence electrons. The fourth-order valence-corrected chi connectivity index (χ4v) is 3.11. The quantitative estimate of drug-likeness (QED) is 0.806. The number of carboxylic acid groups (broad SMARTS) is 1. The Labute approximate surface area is 116 Å². The first-order chi connectivity index (χ1) is 9.40. The maximum absolute atomic E-state index is 12.1. The van der Waals surface area contributed by atoms with Crippen LogP contribution in [0.3, 0.4) is 0 Å². The average molecular weight is 301 g/mol. The van der Waals surface area contributed by atoms with E-state index in [2.05, 4.69) is 0 Å². The molecule has 0 aromatic heterocycles. The van der Waals surface area contributed by atoms with Crippen molar-refractivity contribution in [3.05, 3.63) is 18.2 Å². The summed E-state index contributed by atoms with van der Waals surface area (Å²) in [5.41, 5.74) is 5.27. The summed E-state index contributed by atoms with van der Waals surface area (Å²) in [7, 11) is -3.79. The monoisotopic (exact) mass is 301 g/mol. The van der Waals surface area contributed by atoms with Crippen LogP contribution >= 0.6 is 0 Å². The third kappa shape index (κ3) is 3.20. The van der Waals surface area contributed by atoms with Crippen LogP contribution in [0.1, 0.15) is 6.42 Å². The summed E-state index contributed by atoms with van der Waals surface area (Å²) < 4.78 is 35.0. The first-order valence-electron chi connectivity index (χ1n) is 6.01. The Morgan fingerprint density at radius 1 is 1.30 bits per heavy atom. The van der Waals surface area contributed by atoms with Gasteiger partial charge in [0.2, 0.25) is 0 Å². The number of nitrogens with two attached hydrogens (primary N) is 1. The van der Waals surface area contributed by atoms with Crippen LogP contribution in [0.5, 0.6) is 11.5 Å². The van der Waals surface area contributed by atoms with Gasteiger partial charge >= 0.3 is 5.97 Å². The Morgan fingerprint density at radius 3 is 2.60 bits per heavy atom. The topological polar surface area (TPSA) is 116 Å². The zero-order chi connectivity index (χ0) is 14.8. The van der Waals surface area contributed by atoms with Gasteiger partial charge in [0.25, 0.3) is 0 Å². The van der Waals surface area contributed by atoms with Crippen molar-refractivity contribution < 1.29 is 27.8 Å². The maximum atomic E-state index is 12.1. The third-order valence-electron chi connectivity index (χ3n) is 2.79. The fraction of sp³-hybridized carbons (Fsp3) is 0.417. The first kappa shape index (κ1) is 14.6. The van der Waals surface area contributed by atoms with Crippen LogP contribution in [-0.4, -0.2) is 44.5 Å². The molecule has 0 bridgehead atoms. The molecule has 1 aromatic carbocycles. The summed E-state index contributed by atoms with van der Waals surface area (Å²) >= 11 is 0. The number of carboxylic acids is 1. The van der Waals surface area contributed by atoms with Crippen LogP contribution in [0.25, 0.3) is 0 Å². The second-order valence-corrected chi connectivity index (χ2v) is 6.42. The number of aliphatic carboxylic acids is 1. The molecule has 0 aliphatic carbocycles. The normalized spacial score (nSPS) is 16.2. The minimum absolute atomic E-state index is 0.0292. The minimum Gasteiger partial charge on any atom is -0.490 e. The number of rotatable bonds is 4. The molecule has 0 amide bonds. The van der Waals surface area contributed by atoms with Gasteiger partial charge in [-0.15, -0.1) is 0 Å². The summed E-state index contributed by atoms with van der Waals surface area (Å²) in [5, 5.41) is 8.69. The number of benzene rings is 1. The highest BCUT2D eigenvalue weighted by atomic mass is 32.2. The number of sulfone groups is 1. The lowest BCUT2D eigenvalue weighted by Gasteiger charge is -2.11. The van der Waals surface area contributed by atoms with E-state index in [-0.39, 0.29) is 4.90 Å². The minimum atomic E-state index is -3.79. The molecule has 0 fully saturated rings. The molecule has 8 heteroatoms. The second kappa shape index (κ2) is 5.68. The van der Waals surface area contributed by atoms with E-state index >= 15 is 0 Å². The van der Waals surface area contributed by atoms with Crippen LogP contribution in [-0.2, 0) is 14.6 Å². The summed E-state index contributed by atoms with van der Waals surface area (Å²) in [6.45, 7) is 0.939. The lowest BCUT2D eigenvalue weighted by Crippen LogP contribution is -2.37. The van der Waals surface area contributed by atoms with Crippen molar-refractivity contribution in [2.75, 3.05) is 19.0 Å². The van der Waals surface area contributed by atoms with Gasteiger partial charge in [-0.1, -0.05) is 0 Å². The molecule has 0 spiro atoms. The van der Waals surface area contributed by atoms with E-state index in [4.69, 9.17) is 20.3 Å². The van der Waals surface area contributed by atoms with Gasteiger partial charge < -0.3 is 20.3 Å². The van der Waals surface area contributed by atoms with Crippen LogP contribution in [0.15, 0.2) is 23.1 Å². The largest absolute Gasteiger partial charge is 0.490 e. The Morgan fingerprint density at radius 2 is 1.95 bits per heavy atom. The van der Waals surface area contributed by atoms with Crippen molar-refractivity contribution >= 4 is 15.8 Å². The summed E-state index contributed by atoms with van der Waals surface area (Å²) in [4.78, 5) is 10.6. The molecule has 1 heterocycles. The molecule has 0 radical (unpaired) electrons. The number of carbonyl (C=O) groups is 1. The van der Waals surface area contributed by atoms with Crippen LogP contribution in [0, 0.1) is 0 Å². The zero-order valence-electron chi connectivity index (χ0n) is 10.6. The van der Waals surface area contributed by atoms with E-state index in [0.717, 1.165) is 0 Å². The maximum Gasteiger partial charge on any atom is 0.321 e. The number of hydrogen-bond donors (Lipinski definition) is 2. The van der Waals surface area contributed by atoms with Crippen molar-refractivity contribution in [1.82, 2.24) is 0 Å². The molecule has 1 aliphatic heterocycles. The third-order valence-corrected chi connectivity index (χ3v) is 4.56. The Bertz CT molecular complexity index is 612. The predicted molar refractivity (Wildman–Crippen MR) is 69.7 cm³/mol. The van der Waals surface area contributed by atoms with Crippen LogP contribution in [0.2, 0.25) is 0 Å². The van der Waals surface area contributed by atoms with E-state index in [0.29, 0.717) is 31.1 Å². The second-order valence-electron chi connectivity index (χ2n) is 4.39. The fourth-order valence-electron chi connectivity index (χ4n) is 1.74. The first-order valence-corrected chi connectivity index (χ1v) is 7.66. The number of hydrogen-bond acceptors (Lipinski definition) is 6. The van der Waals surface area contributed by atoms with Crippen molar-refractivity contribution in [1.29, 1.82) is 0 Å². The molecule has 20 heavy (non-hydrogen) atoms. The molecule has 0 saturated heterocycles. The molecule has 7 nitrogen and oxygen atoms in total. The highest BCUT2D eigenvalue weighted by Crippen LogP contribution is 2.32. The van der Waals surface area contributed by atoms with E-state index in [1.165, 1.54) is 18.2 Å². The molecule has 1 aromatic rings. The van der Waals surface area contributed by atoms with Gasteiger partial charge in [0, 0.05) is 12.5 Å². The van der Waals surface area contributed by atoms with E-state index < -0.39 is 27.6 Å². The smallest absolute Gasteiger partial charge is 0.321 e. The Balaban J connectivity index is 2.28. The highest BCUT2D eigenvalue weighted by molar-refractivity contribution is 7.91. The summed E-state index contributed by atoms with van der Waals surface area (Å²) in [6.07, 6.45) is 0.709. The van der Waals surface area contributed by atoms with Gasteiger partial charge in [-0.25, -0.2) is 8.42 Å². The summed E-state index contributed by atoms with van der Waals surface area (Å²) in [5.74, 6) is -1.21. The van der Waals surface area contributed by atoms with Crippen molar-refractivity contribution in [3.63, 3.8) is 0 Å². The Hall–Kier alpha value is -1.80. The SMILES string of the molecule is NC(CS(=O)(=O)c1ccc2c(c1)OCCCO2)C(=O)O. The highest BCUT2D eigenvalue weighted by Gasteiger charge is 2.25. The van der Waals surface area contributed by atoms with Gasteiger partial charge in [0.15, 0.2) is 21.3 Å². The van der Waals surface area contributed by atoms with Gasteiger partial charge in [-0.2, -0.15) is 0 Å². The lowest BCUT2D eigenvalue weighted by molar-refractivity contribution is -0.137. The molecule has 1 atom stereocenters. The van der Waals surface area contributed by atoms with Crippen molar-refractivity contribution in [2.45, 2.75) is 17.4 Å². The summed E-state index contributed by atoms with van der Waals surface area (Å²) in [6, 6.07) is 2.73. The molecule has 2 rings (SSSR count). The van der Waals surface area contributed by atoms with E-state index in [1.807, 2.05) is 0 Å². The average Bonchev–Trinajstić information content (AvgIpc) is 2.62. The number of fused-ring (bicyclic) bond motifs is 1. The molecule has 3 N–H and O–H groups in total. The lowest BCUT2D eigenvalue weighted by atomic mass is 10.3. The van der Waals surface area contributed by atoms with Gasteiger partial charge in [-0.3, -0.25) is 4.79 Å². The van der Waals surface area contributed by atoms with E-state index in [1.54, 1.807) is 0 Å². The van der Waals surface area contributed by atoms with Gasteiger partial charge in [0.1, 0.15) is 6.04 Å². The van der Waals surface area contributed by atoms with Crippen molar-refractivity contribution in [2.24, 2.45) is 5.73 Å². The molecule has 1 aliphatic rings. The predicted octanol–water partition coefficient (Wildman–Crippen LogP) is 0.0335. The Kier molecular flexibility index (Phi) is 4.15. The van der Waals surface area contributed by atoms with Crippen LogP contribution < -0.4 is 15.2 Å².